The highest BCUT2D eigenvalue weighted by Crippen LogP contribution is 2.29. The molecule has 0 amide bonds. The van der Waals surface area contributed by atoms with Gasteiger partial charge in [-0.2, -0.15) is 13.1 Å². The summed E-state index contributed by atoms with van der Waals surface area (Å²) in [7, 11) is -3.44. The molecule has 1 aliphatic heterocycles. The van der Waals surface area contributed by atoms with Crippen LogP contribution in [0.25, 0.3) is 0 Å². The molecule has 0 aliphatic carbocycles. The molecule has 2 N–H and O–H groups in total. The number of nitrogens with zero attached hydrogens (tertiary/aromatic N) is 1. The molecule has 0 spiro atoms. The second kappa shape index (κ2) is 5.58. The number of rotatable bonds is 4. The minimum absolute atomic E-state index is 0.467. The van der Waals surface area contributed by atoms with Crippen molar-refractivity contribution in [2.45, 2.75) is 19.8 Å². The van der Waals surface area contributed by atoms with Gasteiger partial charge in [0.1, 0.15) is 0 Å². The van der Waals surface area contributed by atoms with Crippen LogP contribution in [0.2, 0.25) is 0 Å². The van der Waals surface area contributed by atoms with Crippen molar-refractivity contribution < 1.29 is 8.42 Å². The first-order valence-electron chi connectivity index (χ1n) is 6.25. The van der Waals surface area contributed by atoms with E-state index in [4.69, 9.17) is 0 Å². The third kappa shape index (κ3) is 2.76. The van der Waals surface area contributed by atoms with Gasteiger partial charge in [-0.25, -0.2) is 0 Å². The number of hydrogen-bond acceptors (Lipinski definition) is 3. The lowest BCUT2D eigenvalue weighted by molar-refractivity contribution is 0.575. The summed E-state index contributed by atoms with van der Waals surface area (Å²) < 4.78 is 28.6. The molecule has 5 nitrogen and oxygen atoms in total. The molecule has 0 bridgehead atoms. The first-order valence-corrected chi connectivity index (χ1v) is 7.69. The molecule has 1 heterocycles. The SMILES string of the molecule is CCCNS(=O)(=O)N1CCCNc2ccccc21. The van der Waals surface area contributed by atoms with E-state index in [1.54, 1.807) is 0 Å². The quantitative estimate of drug-likeness (QED) is 0.872. The fourth-order valence-corrected chi connectivity index (χ4v) is 3.37. The monoisotopic (exact) mass is 269 g/mol. The summed E-state index contributed by atoms with van der Waals surface area (Å²) in [5.74, 6) is 0. The Hall–Kier alpha value is -1.27. The van der Waals surface area contributed by atoms with Crippen molar-refractivity contribution >= 4 is 21.6 Å². The van der Waals surface area contributed by atoms with E-state index >= 15 is 0 Å². The summed E-state index contributed by atoms with van der Waals surface area (Å²) in [5, 5.41) is 3.25. The molecule has 0 saturated heterocycles. The molecular weight excluding hydrogens is 250 g/mol. The van der Waals surface area contributed by atoms with Crippen molar-refractivity contribution in [2.24, 2.45) is 0 Å². The summed E-state index contributed by atoms with van der Waals surface area (Å²) in [6, 6.07) is 7.50. The lowest BCUT2D eigenvalue weighted by Gasteiger charge is -2.24. The number of para-hydroxylation sites is 2. The fourth-order valence-electron chi connectivity index (χ4n) is 1.97. The van der Waals surface area contributed by atoms with E-state index in [-0.39, 0.29) is 0 Å². The van der Waals surface area contributed by atoms with E-state index in [1.165, 1.54) is 4.31 Å². The van der Waals surface area contributed by atoms with Gasteiger partial charge in [-0.3, -0.25) is 4.31 Å². The fraction of sp³-hybridized carbons (Fsp3) is 0.500. The molecule has 1 aliphatic rings. The van der Waals surface area contributed by atoms with E-state index in [1.807, 2.05) is 31.2 Å². The maximum atomic E-state index is 12.2. The van der Waals surface area contributed by atoms with Crippen LogP contribution >= 0.6 is 0 Å². The van der Waals surface area contributed by atoms with Crippen LogP contribution in [0, 0.1) is 0 Å². The lowest BCUT2D eigenvalue weighted by atomic mass is 10.2. The molecule has 1 aromatic carbocycles. The van der Waals surface area contributed by atoms with Gasteiger partial charge in [0.2, 0.25) is 0 Å². The van der Waals surface area contributed by atoms with E-state index < -0.39 is 10.2 Å². The average molecular weight is 269 g/mol. The zero-order valence-corrected chi connectivity index (χ0v) is 11.3. The zero-order valence-electron chi connectivity index (χ0n) is 10.5. The number of benzene rings is 1. The Morgan fingerprint density at radius 3 is 2.94 bits per heavy atom. The van der Waals surface area contributed by atoms with Crippen molar-refractivity contribution in [3.05, 3.63) is 24.3 Å². The van der Waals surface area contributed by atoms with Gasteiger partial charge in [0.05, 0.1) is 11.4 Å². The standard InChI is InChI=1S/C12H19N3O2S/c1-2-8-14-18(16,17)15-10-5-9-13-11-6-3-4-7-12(11)15/h3-4,6-7,13-14H,2,5,8-10H2,1H3. The Balaban J connectivity index is 2.33. The molecule has 1 aromatic rings. The summed E-state index contributed by atoms with van der Waals surface area (Å²) in [6.07, 6.45) is 1.58. The van der Waals surface area contributed by atoms with E-state index in [0.29, 0.717) is 13.1 Å². The Morgan fingerprint density at radius 2 is 2.17 bits per heavy atom. The van der Waals surface area contributed by atoms with Gasteiger partial charge in [0.25, 0.3) is 0 Å². The third-order valence-corrected chi connectivity index (χ3v) is 4.38. The summed E-state index contributed by atoms with van der Waals surface area (Å²) in [6.45, 7) is 3.70. The largest absolute Gasteiger partial charge is 0.383 e. The molecule has 0 aromatic heterocycles. The molecule has 0 saturated carbocycles. The summed E-state index contributed by atoms with van der Waals surface area (Å²) >= 11 is 0. The number of hydrogen-bond donors (Lipinski definition) is 2. The maximum absolute atomic E-state index is 12.2. The van der Waals surface area contributed by atoms with Crippen LogP contribution < -0.4 is 14.3 Å². The van der Waals surface area contributed by atoms with Crippen LogP contribution in [-0.2, 0) is 10.2 Å². The van der Waals surface area contributed by atoms with Crippen molar-refractivity contribution in [2.75, 3.05) is 29.3 Å². The van der Waals surface area contributed by atoms with Crippen LogP contribution in [0.1, 0.15) is 19.8 Å². The van der Waals surface area contributed by atoms with Crippen molar-refractivity contribution in [1.82, 2.24) is 4.72 Å². The van der Waals surface area contributed by atoms with Gasteiger partial charge < -0.3 is 5.32 Å². The molecule has 0 radical (unpaired) electrons. The average Bonchev–Trinajstić information content (AvgIpc) is 2.59. The molecular formula is C12H19N3O2S. The first-order chi connectivity index (χ1) is 8.65. The highest BCUT2D eigenvalue weighted by atomic mass is 32.2. The van der Waals surface area contributed by atoms with Crippen LogP contribution in [0.15, 0.2) is 24.3 Å². The van der Waals surface area contributed by atoms with Crippen LogP contribution in [-0.4, -0.2) is 28.1 Å². The Kier molecular flexibility index (Phi) is 4.08. The number of anilines is 2. The van der Waals surface area contributed by atoms with Crippen LogP contribution in [0.5, 0.6) is 0 Å². The highest BCUT2D eigenvalue weighted by molar-refractivity contribution is 7.90. The first kappa shape index (κ1) is 13.2. The molecule has 0 unspecified atom stereocenters. The van der Waals surface area contributed by atoms with Gasteiger partial charge >= 0.3 is 10.2 Å². The summed E-state index contributed by atoms with van der Waals surface area (Å²) in [4.78, 5) is 0. The second-order valence-electron chi connectivity index (χ2n) is 4.27. The Labute approximate surface area is 108 Å². The minimum atomic E-state index is -3.44. The smallest absolute Gasteiger partial charge is 0.301 e. The predicted octanol–water partition coefficient (Wildman–Crippen LogP) is 1.55. The minimum Gasteiger partial charge on any atom is -0.383 e. The van der Waals surface area contributed by atoms with Crippen molar-refractivity contribution in [1.29, 1.82) is 0 Å². The molecule has 18 heavy (non-hydrogen) atoms. The van der Waals surface area contributed by atoms with E-state index in [2.05, 4.69) is 10.0 Å². The van der Waals surface area contributed by atoms with E-state index in [9.17, 15) is 8.42 Å². The highest BCUT2D eigenvalue weighted by Gasteiger charge is 2.25. The lowest BCUT2D eigenvalue weighted by Crippen LogP contribution is -2.41. The topological polar surface area (TPSA) is 61.4 Å². The molecule has 0 fully saturated rings. The Morgan fingerprint density at radius 1 is 1.39 bits per heavy atom. The van der Waals surface area contributed by atoms with E-state index in [0.717, 1.165) is 30.8 Å². The van der Waals surface area contributed by atoms with Crippen LogP contribution in [0.3, 0.4) is 0 Å². The molecule has 100 valence electrons. The van der Waals surface area contributed by atoms with Gasteiger partial charge in [-0.1, -0.05) is 19.1 Å². The second-order valence-corrected chi connectivity index (χ2v) is 5.95. The number of fused-ring (bicyclic) bond motifs is 1. The van der Waals surface area contributed by atoms with Gasteiger partial charge in [-0.05, 0) is 25.0 Å². The van der Waals surface area contributed by atoms with Crippen molar-refractivity contribution in [3.8, 4) is 0 Å². The molecule has 2 rings (SSSR count). The Bertz CT molecular complexity index is 502. The zero-order chi connectivity index (χ0) is 13.0. The predicted molar refractivity (Wildman–Crippen MR) is 74.1 cm³/mol. The molecule has 6 heteroatoms. The summed E-state index contributed by atoms with van der Waals surface area (Å²) in [5.41, 5.74) is 1.59. The van der Waals surface area contributed by atoms with Gasteiger partial charge in [0.15, 0.2) is 0 Å². The number of nitrogens with one attached hydrogen (secondary N) is 2. The van der Waals surface area contributed by atoms with Crippen molar-refractivity contribution in [3.63, 3.8) is 0 Å². The third-order valence-electron chi connectivity index (χ3n) is 2.85. The maximum Gasteiger partial charge on any atom is 0.301 e. The van der Waals surface area contributed by atoms with Gasteiger partial charge in [-0.15, -0.1) is 0 Å². The molecule has 0 atom stereocenters. The van der Waals surface area contributed by atoms with Gasteiger partial charge in [0, 0.05) is 19.6 Å². The normalized spacial score (nSPS) is 15.7. The van der Waals surface area contributed by atoms with Crippen LogP contribution in [0.4, 0.5) is 11.4 Å².